The smallest absolute Gasteiger partial charge is 0.408 e. The zero-order valence-electron chi connectivity index (χ0n) is 11.5. The van der Waals surface area contributed by atoms with Crippen LogP contribution in [0.1, 0.15) is 45.4 Å². The van der Waals surface area contributed by atoms with Crippen LogP contribution in [0.15, 0.2) is 27.4 Å². The van der Waals surface area contributed by atoms with E-state index in [1.54, 1.807) is 16.7 Å². The number of unbranched alkanes of at least 4 members (excludes halogenated alkanes) is 5. The van der Waals surface area contributed by atoms with Crippen LogP contribution >= 0.6 is 0 Å². The molecule has 1 aromatic heterocycles. The Kier molecular flexibility index (Phi) is 4.66. The normalized spacial score (nSPS) is 11.2. The second-order valence-corrected chi connectivity index (χ2v) is 5.01. The number of rotatable bonds is 7. The molecule has 0 spiro atoms. The summed E-state index contributed by atoms with van der Waals surface area (Å²) < 4.78 is 6.91. The van der Waals surface area contributed by atoms with Crippen LogP contribution in [0, 0.1) is 0 Å². The van der Waals surface area contributed by atoms with Crippen molar-refractivity contribution in [3.63, 3.8) is 0 Å². The summed E-state index contributed by atoms with van der Waals surface area (Å²) >= 11 is 0. The number of nitrogens with zero attached hydrogens (tertiary/aromatic N) is 1. The second kappa shape index (κ2) is 6.45. The molecule has 2 aromatic rings. The van der Waals surface area contributed by atoms with Crippen LogP contribution in [0.2, 0.25) is 0 Å². The topological polar surface area (TPSA) is 61.2 Å². The van der Waals surface area contributed by atoms with E-state index in [1.165, 1.54) is 25.7 Å². The van der Waals surface area contributed by atoms with Gasteiger partial charge in [-0.25, -0.2) is 4.79 Å². The standard InChI is InChI=1S/C15H22N2O2/c1-2-3-4-5-6-7-10-17-13-9-8-12(16)11-14(13)19-15(17)18/h8-9,11H,2-7,10,16H2,1H3. The molecule has 0 aliphatic carbocycles. The molecule has 0 aliphatic rings. The van der Waals surface area contributed by atoms with Gasteiger partial charge >= 0.3 is 5.76 Å². The van der Waals surface area contributed by atoms with Gasteiger partial charge in [-0.3, -0.25) is 4.57 Å². The van der Waals surface area contributed by atoms with E-state index in [2.05, 4.69) is 6.92 Å². The number of aromatic nitrogens is 1. The summed E-state index contributed by atoms with van der Waals surface area (Å²) in [7, 11) is 0. The van der Waals surface area contributed by atoms with E-state index in [0.29, 0.717) is 11.3 Å². The van der Waals surface area contributed by atoms with Crippen molar-refractivity contribution in [2.75, 3.05) is 5.73 Å². The molecule has 0 saturated heterocycles. The fourth-order valence-corrected chi connectivity index (χ4v) is 2.34. The highest BCUT2D eigenvalue weighted by Crippen LogP contribution is 2.17. The van der Waals surface area contributed by atoms with E-state index in [-0.39, 0.29) is 5.76 Å². The van der Waals surface area contributed by atoms with Crippen LogP contribution in [0.25, 0.3) is 11.1 Å². The minimum atomic E-state index is -0.283. The monoisotopic (exact) mass is 262 g/mol. The molecule has 1 aromatic carbocycles. The molecule has 0 aliphatic heterocycles. The van der Waals surface area contributed by atoms with Crippen LogP contribution in [0.5, 0.6) is 0 Å². The molecule has 0 saturated carbocycles. The molecule has 4 heteroatoms. The molecule has 2 rings (SSSR count). The molecule has 1 heterocycles. The Labute approximate surface area is 113 Å². The lowest BCUT2D eigenvalue weighted by Gasteiger charge is -2.02. The van der Waals surface area contributed by atoms with E-state index in [1.807, 2.05) is 6.07 Å². The first-order valence-corrected chi connectivity index (χ1v) is 7.11. The van der Waals surface area contributed by atoms with Gasteiger partial charge in [0.25, 0.3) is 0 Å². The third-order valence-electron chi connectivity index (χ3n) is 3.43. The highest BCUT2D eigenvalue weighted by molar-refractivity contribution is 5.76. The predicted octanol–water partition coefficient (Wildman–Crippen LogP) is 3.54. The lowest BCUT2D eigenvalue weighted by atomic mass is 10.1. The van der Waals surface area contributed by atoms with Gasteiger partial charge in [0.15, 0.2) is 5.58 Å². The molecular weight excluding hydrogens is 240 g/mol. The number of anilines is 1. The van der Waals surface area contributed by atoms with Crippen molar-refractivity contribution in [3.05, 3.63) is 28.7 Å². The number of fused-ring (bicyclic) bond motifs is 1. The SMILES string of the molecule is CCCCCCCCn1c(=O)oc2cc(N)ccc21. The van der Waals surface area contributed by atoms with Crippen LogP contribution < -0.4 is 11.5 Å². The van der Waals surface area contributed by atoms with Crippen LogP contribution in [-0.4, -0.2) is 4.57 Å². The molecule has 0 amide bonds. The quantitative estimate of drug-likeness (QED) is 0.613. The fourth-order valence-electron chi connectivity index (χ4n) is 2.34. The van der Waals surface area contributed by atoms with Crippen molar-refractivity contribution in [1.29, 1.82) is 0 Å². The predicted molar refractivity (Wildman–Crippen MR) is 78.3 cm³/mol. The van der Waals surface area contributed by atoms with Gasteiger partial charge in [0.2, 0.25) is 0 Å². The van der Waals surface area contributed by atoms with Crippen molar-refractivity contribution in [1.82, 2.24) is 4.57 Å². The number of nitrogen functional groups attached to an aromatic ring is 1. The summed E-state index contributed by atoms with van der Waals surface area (Å²) in [6.45, 7) is 2.94. The molecule has 0 unspecified atom stereocenters. The number of hydrogen-bond donors (Lipinski definition) is 1. The summed E-state index contributed by atoms with van der Waals surface area (Å²) in [5, 5.41) is 0. The van der Waals surface area contributed by atoms with Gasteiger partial charge in [-0.05, 0) is 18.6 Å². The van der Waals surface area contributed by atoms with Crippen molar-refractivity contribution in [3.8, 4) is 0 Å². The lowest BCUT2D eigenvalue weighted by molar-refractivity contribution is 0.485. The average Bonchev–Trinajstić information content (AvgIpc) is 2.69. The molecule has 19 heavy (non-hydrogen) atoms. The largest absolute Gasteiger partial charge is 0.419 e. The third-order valence-corrected chi connectivity index (χ3v) is 3.43. The Bertz CT molecular complexity index is 583. The molecule has 2 N–H and O–H groups in total. The van der Waals surface area contributed by atoms with Crippen molar-refractivity contribution in [2.24, 2.45) is 0 Å². The van der Waals surface area contributed by atoms with Crippen LogP contribution in [-0.2, 0) is 6.54 Å². The molecule has 0 radical (unpaired) electrons. The minimum absolute atomic E-state index is 0.283. The van der Waals surface area contributed by atoms with Gasteiger partial charge in [0.1, 0.15) is 0 Å². The van der Waals surface area contributed by atoms with Crippen molar-refractivity contribution < 1.29 is 4.42 Å². The van der Waals surface area contributed by atoms with Gasteiger partial charge in [0, 0.05) is 18.3 Å². The van der Waals surface area contributed by atoms with Gasteiger partial charge < -0.3 is 10.2 Å². The molecular formula is C15H22N2O2. The first-order chi connectivity index (χ1) is 9.22. The lowest BCUT2D eigenvalue weighted by Crippen LogP contribution is -2.14. The number of hydrogen-bond acceptors (Lipinski definition) is 3. The third kappa shape index (κ3) is 3.40. The van der Waals surface area contributed by atoms with Crippen molar-refractivity contribution >= 4 is 16.8 Å². The highest BCUT2D eigenvalue weighted by atomic mass is 16.4. The van der Waals surface area contributed by atoms with Crippen LogP contribution in [0.4, 0.5) is 5.69 Å². The van der Waals surface area contributed by atoms with Crippen molar-refractivity contribution in [2.45, 2.75) is 52.0 Å². The summed E-state index contributed by atoms with van der Waals surface area (Å²) in [6, 6.07) is 5.36. The molecule has 104 valence electrons. The molecule has 0 bridgehead atoms. The van der Waals surface area contributed by atoms with E-state index in [9.17, 15) is 4.79 Å². The van der Waals surface area contributed by atoms with E-state index in [0.717, 1.165) is 24.9 Å². The summed E-state index contributed by atoms with van der Waals surface area (Å²) in [5.74, 6) is -0.283. The van der Waals surface area contributed by atoms with E-state index in [4.69, 9.17) is 10.2 Å². The number of oxazole rings is 1. The maximum Gasteiger partial charge on any atom is 0.419 e. The Balaban J connectivity index is 1.97. The zero-order chi connectivity index (χ0) is 13.7. The van der Waals surface area contributed by atoms with Gasteiger partial charge in [0.05, 0.1) is 5.52 Å². The average molecular weight is 262 g/mol. The Morgan fingerprint density at radius 1 is 1.16 bits per heavy atom. The Hall–Kier alpha value is -1.71. The van der Waals surface area contributed by atoms with E-state index < -0.39 is 0 Å². The highest BCUT2D eigenvalue weighted by Gasteiger charge is 2.08. The summed E-state index contributed by atoms with van der Waals surface area (Å²) in [6.07, 6.45) is 7.26. The van der Waals surface area contributed by atoms with Gasteiger partial charge in [-0.2, -0.15) is 0 Å². The summed E-state index contributed by atoms with van der Waals surface area (Å²) in [5.41, 5.74) is 7.72. The number of aryl methyl sites for hydroxylation is 1. The number of nitrogens with two attached hydrogens (primary N) is 1. The van der Waals surface area contributed by atoms with Crippen LogP contribution in [0.3, 0.4) is 0 Å². The molecule has 0 atom stereocenters. The maximum atomic E-state index is 11.8. The first-order valence-electron chi connectivity index (χ1n) is 7.11. The maximum absolute atomic E-state index is 11.8. The fraction of sp³-hybridized carbons (Fsp3) is 0.533. The summed E-state index contributed by atoms with van der Waals surface area (Å²) in [4.78, 5) is 11.8. The Morgan fingerprint density at radius 2 is 1.89 bits per heavy atom. The number of benzene rings is 1. The minimum Gasteiger partial charge on any atom is -0.408 e. The molecule has 4 nitrogen and oxygen atoms in total. The molecule has 0 fully saturated rings. The van der Waals surface area contributed by atoms with Gasteiger partial charge in [-0.1, -0.05) is 39.0 Å². The van der Waals surface area contributed by atoms with Gasteiger partial charge in [-0.15, -0.1) is 0 Å². The second-order valence-electron chi connectivity index (χ2n) is 5.01. The van der Waals surface area contributed by atoms with E-state index >= 15 is 0 Å². The first kappa shape index (κ1) is 13.7. The zero-order valence-corrected chi connectivity index (χ0v) is 11.5. The Morgan fingerprint density at radius 3 is 2.68 bits per heavy atom.